The zero-order valence-electron chi connectivity index (χ0n) is 18.2. The van der Waals surface area contributed by atoms with E-state index in [9.17, 15) is 22.8 Å². The predicted molar refractivity (Wildman–Crippen MR) is 113 cm³/mol. The van der Waals surface area contributed by atoms with E-state index < -0.39 is 23.8 Å². The minimum absolute atomic E-state index is 0.165. The summed E-state index contributed by atoms with van der Waals surface area (Å²) in [6, 6.07) is 3.07. The number of rotatable bonds is 6. The summed E-state index contributed by atoms with van der Waals surface area (Å²) in [4.78, 5) is 24.9. The number of esters is 1. The Morgan fingerprint density at radius 2 is 1.74 bits per heavy atom. The van der Waals surface area contributed by atoms with Gasteiger partial charge in [-0.1, -0.05) is 24.1 Å². The van der Waals surface area contributed by atoms with E-state index in [1.807, 2.05) is 20.8 Å². The molecule has 0 fully saturated rings. The van der Waals surface area contributed by atoms with E-state index in [4.69, 9.17) is 11.6 Å². The number of hydrogen-bond donors (Lipinski definition) is 0. The number of hydrogen-bond acceptors (Lipinski definition) is 4. The molecule has 168 valence electrons. The Labute approximate surface area is 183 Å². The van der Waals surface area contributed by atoms with Gasteiger partial charge < -0.3 is 4.74 Å². The molecule has 0 aliphatic rings. The SMILES string of the molecule is CCCn1nc(C)c(C(=O)c2ccc(Cl)c(C(C)=C(C)C)c2C)c1OC(=O)C(F)(F)F. The molecule has 0 unspecified atom stereocenters. The summed E-state index contributed by atoms with van der Waals surface area (Å²) in [5, 5.41) is 4.58. The molecule has 1 aromatic heterocycles. The van der Waals surface area contributed by atoms with E-state index >= 15 is 0 Å². The molecule has 1 heterocycles. The van der Waals surface area contributed by atoms with Crippen molar-refractivity contribution >= 4 is 28.9 Å². The smallest absolute Gasteiger partial charge is 0.400 e. The van der Waals surface area contributed by atoms with E-state index in [2.05, 4.69) is 9.84 Å². The van der Waals surface area contributed by atoms with Crippen LogP contribution in [0.4, 0.5) is 13.2 Å². The molecule has 9 heteroatoms. The standard InChI is InChI=1S/C22H24ClF3N2O3/c1-7-10-28-20(31-21(30)22(24,25)26)18(14(6)27-28)19(29)15-8-9-16(23)17(13(15)5)12(4)11(2)3/h8-9H,7,10H2,1-6H3. The van der Waals surface area contributed by atoms with Crippen molar-refractivity contribution in [1.82, 2.24) is 9.78 Å². The van der Waals surface area contributed by atoms with Gasteiger partial charge in [0.25, 0.3) is 0 Å². The van der Waals surface area contributed by atoms with Gasteiger partial charge in [-0.25, -0.2) is 9.48 Å². The molecule has 0 aliphatic heterocycles. The molecule has 2 rings (SSSR count). The number of allylic oxidation sites excluding steroid dienone is 2. The number of aromatic nitrogens is 2. The molecule has 1 aromatic carbocycles. The van der Waals surface area contributed by atoms with Gasteiger partial charge >= 0.3 is 12.1 Å². The summed E-state index contributed by atoms with van der Waals surface area (Å²) < 4.78 is 44.2. The number of alkyl halides is 3. The minimum Gasteiger partial charge on any atom is -0.400 e. The highest BCUT2D eigenvalue weighted by atomic mass is 35.5. The third-order valence-corrected chi connectivity index (χ3v) is 5.26. The second-order valence-corrected chi connectivity index (χ2v) is 7.83. The Balaban J connectivity index is 2.70. The Kier molecular flexibility index (Phi) is 7.36. The van der Waals surface area contributed by atoms with Crippen molar-refractivity contribution in [2.45, 2.75) is 60.7 Å². The van der Waals surface area contributed by atoms with Crippen molar-refractivity contribution in [1.29, 1.82) is 0 Å². The van der Waals surface area contributed by atoms with Crippen LogP contribution in [0.15, 0.2) is 17.7 Å². The first kappa shape index (κ1) is 24.7. The lowest BCUT2D eigenvalue weighted by Gasteiger charge is -2.15. The number of aryl methyl sites for hydroxylation is 2. The van der Waals surface area contributed by atoms with Crippen LogP contribution in [0.25, 0.3) is 5.57 Å². The molecule has 0 spiro atoms. The van der Waals surface area contributed by atoms with Crippen molar-refractivity contribution < 1.29 is 27.5 Å². The molecule has 0 aliphatic carbocycles. The van der Waals surface area contributed by atoms with Crippen LogP contribution in [0.3, 0.4) is 0 Å². The van der Waals surface area contributed by atoms with E-state index in [0.29, 0.717) is 22.6 Å². The average molecular weight is 457 g/mol. The van der Waals surface area contributed by atoms with Gasteiger partial charge in [0, 0.05) is 17.1 Å². The topological polar surface area (TPSA) is 61.2 Å². The number of carbonyl (C=O) groups is 2. The summed E-state index contributed by atoms with van der Waals surface area (Å²) in [5.74, 6) is -3.52. The minimum atomic E-state index is -5.21. The van der Waals surface area contributed by atoms with Crippen LogP contribution < -0.4 is 4.74 Å². The van der Waals surface area contributed by atoms with Gasteiger partial charge in [0.15, 0.2) is 0 Å². The number of halogens is 4. The van der Waals surface area contributed by atoms with E-state index in [1.54, 1.807) is 19.9 Å². The summed E-state index contributed by atoms with van der Waals surface area (Å²) in [5.41, 5.74) is 3.37. The molecule has 0 saturated heterocycles. The van der Waals surface area contributed by atoms with Gasteiger partial charge in [-0.3, -0.25) is 4.79 Å². The fraction of sp³-hybridized carbons (Fsp3) is 0.409. The number of carbonyl (C=O) groups excluding carboxylic acids is 2. The molecule has 0 radical (unpaired) electrons. The zero-order chi connectivity index (χ0) is 23.7. The highest BCUT2D eigenvalue weighted by Gasteiger charge is 2.43. The van der Waals surface area contributed by atoms with Crippen molar-refractivity contribution in [3.05, 3.63) is 50.7 Å². The van der Waals surface area contributed by atoms with Crippen LogP contribution >= 0.6 is 11.6 Å². The van der Waals surface area contributed by atoms with Gasteiger partial charge in [0.05, 0.1) is 5.69 Å². The zero-order valence-corrected chi connectivity index (χ0v) is 19.0. The monoisotopic (exact) mass is 456 g/mol. The highest BCUT2D eigenvalue weighted by molar-refractivity contribution is 6.33. The summed E-state index contributed by atoms with van der Waals surface area (Å²) in [6.45, 7) is 10.9. The van der Waals surface area contributed by atoms with Crippen LogP contribution in [0.1, 0.15) is 66.9 Å². The van der Waals surface area contributed by atoms with Gasteiger partial charge in [0.2, 0.25) is 11.7 Å². The average Bonchev–Trinajstić information content (AvgIpc) is 2.95. The quantitative estimate of drug-likeness (QED) is 0.390. The molecular formula is C22H24ClF3N2O3. The van der Waals surface area contributed by atoms with Crippen LogP contribution in [0, 0.1) is 13.8 Å². The highest BCUT2D eigenvalue weighted by Crippen LogP contribution is 2.34. The van der Waals surface area contributed by atoms with Crippen LogP contribution in [-0.2, 0) is 11.3 Å². The molecule has 0 saturated carbocycles. The first-order chi connectivity index (χ1) is 14.3. The van der Waals surface area contributed by atoms with Crippen LogP contribution in [0.5, 0.6) is 5.88 Å². The Bertz CT molecular complexity index is 1060. The third kappa shape index (κ3) is 5.01. The Morgan fingerprint density at radius 3 is 2.26 bits per heavy atom. The van der Waals surface area contributed by atoms with E-state index in [-0.39, 0.29) is 23.4 Å². The fourth-order valence-electron chi connectivity index (χ4n) is 3.20. The number of benzene rings is 1. The normalized spacial score (nSPS) is 11.4. The lowest BCUT2D eigenvalue weighted by atomic mass is 9.91. The molecule has 5 nitrogen and oxygen atoms in total. The number of ether oxygens (including phenoxy) is 1. The second kappa shape index (κ2) is 9.26. The first-order valence-corrected chi connectivity index (χ1v) is 10.0. The number of nitrogens with zero attached hydrogens (tertiary/aromatic N) is 2. The first-order valence-electron chi connectivity index (χ1n) is 9.65. The van der Waals surface area contributed by atoms with Crippen molar-refractivity contribution in [2.75, 3.05) is 0 Å². The lowest BCUT2D eigenvalue weighted by Crippen LogP contribution is -2.29. The maximum absolute atomic E-state index is 13.4. The molecule has 31 heavy (non-hydrogen) atoms. The molecular weight excluding hydrogens is 433 g/mol. The number of ketones is 1. The lowest BCUT2D eigenvalue weighted by molar-refractivity contribution is -0.190. The summed E-state index contributed by atoms with van der Waals surface area (Å²) in [7, 11) is 0. The van der Waals surface area contributed by atoms with E-state index in [1.165, 1.54) is 13.0 Å². The summed E-state index contributed by atoms with van der Waals surface area (Å²) in [6.07, 6.45) is -4.70. The summed E-state index contributed by atoms with van der Waals surface area (Å²) >= 11 is 6.36. The molecule has 2 aromatic rings. The van der Waals surface area contributed by atoms with Crippen molar-refractivity contribution in [3.63, 3.8) is 0 Å². The van der Waals surface area contributed by atoms with E-state index in [0.717, 1.165) is 15.8 Å². The van der Waals surface area contributed by atoms with Gasteiger partial charge in [-0.05, 0) is 69.9 Å². The van der Waals surface area contributed by atoms with Crippen LogP contribution in [0.2, 0.25) is 5.02 Å². The molecule has 0 atom stereocenters. The maximum Gasteiger partial charge on any atom is 0.491 e. The maximum atomic E-state index is 13.4. The largest absolute Gasteiger partial charge is 0.491 e. The molecule has 0 amide bonds. The third-order valence-electron chi connectivity index (χ3n) is 4.95. The Morgan fingerprint density at radius 1 is 1.13 bits per heavy atom. The van der Waals surface area contributed by atoms with Gasteiger partial charge in [-0.2, -0.15) is 18.3 Å². The van der Waals surface area contributed by atoms with Gasteiger partial charge in [0.1, 0.15) is 5.56 Å². The molecule has 0 N–H and O–H groups in total. The van der Waals surface area contributed by atoms with Crippen LogP contribution in [-0.4, -0.2) is 27.7 Å². The molecule has 0 bridgehead atoms. The van der Waals surface area contributed by atoms with Gasteiger partial charge in [-0.15, -0.1) is 0 Å². The Hall–Kier alpha value is -2.61. The fourth-order valence-corrected chi connectivity index (χ4v) is 3.55. The van der Waals surface area contributed by atoms with Crippen molar-refractivity contribution in [2.24, 2.45) is 0 Å². The second-order valence-electron chi connectivity index (χ2n) is 7.43. The van der Waals surface area contributed by atoms with Crippen molar-refractivity contribution in [3.8, 4) is 5.88 Å². The predicted octanol–water partition coefficient (Wildman–Crippen LogP) is 6.08.